The minimum absolute atomic E-state index is 0.195. The van der Waals surface area contributed by atoms with Crippen LogP contribution in [0.4, 0.5) is 0 Å². The third kappa shape index (κ3) is 3.60. The van der Waals surface area contributed by atoms with Crippen LogP contribution in [0.25, 0.3) is 0 Å². The highest BCUT2D eigenvalue weighted by atomic mass is 35.5. The number of esters is 1. The first kappa shape index (κ1) is 12.6. The number of hydrogen-bond acceptors (Lipinski definition) is 3. The Labute approximate surface area is 110 Å². The molecule has 0 amide bonds. The van der Waals surface area contributed by atoms with Crippen LogP contribution in [0.3, 0.4) is 0 Å². The molecule has 1 aromatic carbocycles. The fraction of sp³-hybridized carbons (Fsp3) is 0.231. The molecule has 94 valence electrons. The average molecular weight is 265 g/mol. The van der Waals surface area contributed by atoms with Crippen LogP contribution in [-0.2, 0) is 29.6 Å². The van der Waals surface area contributed by atoms with Crippen molar-refractivity contribution in [2.24, 2.45) is 7.05 Å². The first-order valence-corrected chi connectivity index (χ1v) is 5.90. The van der Waals surface area contributed by atoms with Gasteiger partial charge in [-0.15, -0.1) is 0 Å². The molecule has 1 heterocycles. The van der Waals surface area contributed by atoms with Crippen LogP contribution in [0.15, 0.2) is 36.5 Å². The van der Waals surface area contributed by atoms with Crippen molar-refractivity contribution in [1.29, 1.82) is 0 Å². The molecule has 2 rings (SSSR count). The normalized spacial score (nSPS) is 10.3. The number of carbonyl (C=O) groups is 1. The largest absolute Gasteiger partial charge is 0.459 e. The summed E-state index contributed by atoms with van der Waals surface area (Å²) in [6.45, 7) is 0.195. The molecule has 0 saturated carbocycles. The number of aryl methyl sites for hydroxylation is 1. The van der Waals surface area contributed by atoms with Crippen molar-refractivity contribution in [2.75, 3.05) is 0 Å². The SMILES string of the molecule is Cn1ccc(COC(=O)Cc2cccc(Cl)c2)n1. The zero-order valence-electron chi connectivity index (χ0n) is 9.97. The molecule has 5 heteroatoms. The van der Waals surface area contributed by atoms with Gasteiger partial charge in [-0.05, 0) is 23.8 Å². The van der Waals surface area contributed by atoms with E-state index in [4.69, 9.17) is 16.3 Å². The number of aromatic nitrogens is 2. The summed E-state index contributed by atoms with van der Waals surface area (Å²) in [5.74, 6) is -0.289. The minimum Gasteiger partial charge on any atom is -0.459 e. The second-order valence-electron chi connectivity index (χ2n) is 3.95. The van der Waals surface area contributed by atoms with Crippen molar-refractivity contribution < 1.29 is 9.53 Å². The lowest BCUT2D eigenvalue weighted by Crippen LogP contribution is -2.08. The monoisotopic (exact) mass is 264 g/mol. The predicted molar refractivity (Wildman–Crippen MR) is 68.2 cm³/mol. The molecule has 0 atom stereocenters. The molecule has 0 radical (unpaired) electrons. The van der Waals surface area contributed by atoms with Gasteiger partial charge in [-0.25, -0.2) is 0 Å². The summed E-state index contributed by atoms with van der Waals surface area (Å²) < 4.78 is 6.79. The lowest BCUT2D eigenvalue weighted by Gasteiger charge is -2.03. The summed E-state index contributed by atoms with van der Waals surface area (Å²) in [6.07, 6.45) is 2.02. The van der Waals surface area contributed by atoms with Gasteiger partial charge in [-0.2, -0.15) is 5.10 Å². The Kier molecular flexibility index (Phi) is 3.99. The Bertz CT molecular complexity index is 551. The van der Waals surface area contributed by atoms with Crippen molar-refractivity contribution in [3.05, 3.63) is 52.8 Å². The van der Waals surface area contributed by atoms with E-state index < -0.39 is 0 Å². The number of nitrogens with zero attached hydrogens (tertiary/aromatic N) is 2. The molecular formula is C13H13ClN2O2. The third-order valence-corrected chi connectivity index (χ3v) is 2.62. The van der Waals surface area contributed by atoms with Crippen molar-refractivity contribution in [2.45, 2.75) is 13.0 Å². The molecule has 0 N–H and O–H groups in total. The maximum Gasteiger partial charge on any atom is 0.310 e. The Morgan fingerprint density at radius 1 is 1.44 bits per heavy atom. The predicted octanol–water partition coefficient (Wildman–Crippen LogP) is 2.36. The van der Waals surface area contributed by atoms with Crippen LogP contribution in [0.5, 0.6) is 0 Å². The van der Waals surface area contributed by atoms with Crippen molar-refractivity contribution in [3.63, 3.8) is 0 Å². The summed E-state index contributed by atoms with van der Waals surface area (Å²) in [7, 11) is 1.82. The third-order valence-electron chi connectivity index (χ3n) is 2.39. The van der Waals surface area contributed by atoms with Crippen LogP contribution in [0.2, 0.25) is 5.02 Å². The van der Waals surface area contributed by atoms with E-state index in [1.54, 1.807) is 23.0 Å². The smallest absolute Gasteiger partial charge is 0.310 e. The summed E-state index contributed by atoms with van der Waals surface area (Å²) >= 11 is 5.84. The van der Waals surface area contributed by atoms with Crippen LogP contribution in [0, 0.1) is 0 Å². The summed E-state index contributed by atoms with van der Waals surface area (Å²) in [4.78, 5) is 11.6. The van der Waals surface area contributed by atoms with Gasteiger partial charge in [0, 0.05) is 18.3 Å². The molecule has 2 aromatic rings. The van der Waals surface area contributed by atoms with Crippen LogP contribution < -0.4 is 0 Å². The lowest BCUT2D eigenvalue weighted by atomic mass is 10.1. The Morgan fingerprint density at radius 3 is 2.94 bits per heavy atom. The van der Waals surface area contributed by atoms with E-state index in [2.05, 4.69) is 5.10 Å². The van der Waals surface area contributed by atoms with Gasteiger partial charge in [0.2, 0.25) is 0 Å². The number of hydrogen-bond donors (Lipinski definition) is 0. The average Bonchev–Trinajstić information content (AvgIpc) is 2.73. The van der Waals surface area contributed by atoms with Gasteiger partial charge < -0.3 is 4.74 Å². The van der Waals surface area contributed by atoms with E-state index in [-0.39, 0.29) is 19.0 Å². The maximum atomic E-state index is 11.6. The Morgan fingerprint density at radius 2 is 2.28 bits per heavy atom. The molecule has 0 aliphatic carbocycles. The molecule has 0 spiro atoms. The second-order valence-corrected chi connectivity index (χ2v) is 4.38. The maximum absolute atomic E-state index is 11.6. The van der Waals surface area contributed by atoms with Gasteiger partial charge in [0.25, 0.3) is 0 Å². The molecule has 0 unspecified atom stereocenters. The summed E-state index contributed by atoms with van der Waals surface area (Å²) in [5, 5.41) is 4.74. The van der Waals surface area contributed by atoms with E-state index in [9.17, 15) is 4.79 Å². The van der Waals surface area contributed by atoms with Crippen molar-refractivity contribution >= 4 is 17.6 Å². The summed E-state index contributed by atoms with van der Waals surface area (Å²) in [6, 6.07) is 8.98. The quantitative estimate of drug-likeness (QED) is 0.797. The van der Waals surface area contributed by atoms with E-state index in [0.717, 1.165) is 11.3 Å². The molecule has 0 fully saturated rings. The molecular weight excluding hydrogens is 252 g/mol. The molecule has 1 aromatic heterocycles. The number of benzene rings is 1. The highest BCUT2D eigenvalue weighted by Crippen LogP contribution is 2.11. The van der Waals surface area contributed by atoms with E-state index in [0.29, 0.717) is 5.02 Å². The number of halogens is 1. The minimum atomic E-state index is -0.289. The molecule has 18 heavy (non-hydrogen) atoms. The van der Waals surface area contributed by atoms with E-state index in [1.165, 1.54) is 0 Å². The zero-order chi connectivity index (χ0) is 13.0. The van der Waals surface area contributed by atoms with Gasteiger partial charge in [0.05, 0.1) is 12.1 Å². The second kappa shape index (κ2) is 5.69. The first-order valence-electron chi connectivity index (χ1n) is 5.52. The first-order chi connectivity index (χ1) is 8.63. The topological polar surface area (TPSA) is 44.1 Å². The lowest BCUT2D eigenvalue weighted by molar-refractivity contribution is -0.144. The van der Waals surface area contributed by atoms with Crippen LogP contribution >= 0.6 is 11.6 Å². The number of rotatable bonds is 4. The fourth-order valence-corrected chi connectivity index (χ4v) is 1.77. The van der Waals surface area contributed by atoms with Crippen molar-refractivity contribution in [1.82, 2.24) is 9.78 Å². The molecule has 0 saturated heterocycles. The molecule has 0 aliphatic heterocycles. The summed E-state index contributed by atoms with van der Waals surface area (Å²) in [5.41, 5.74) is 1.57. The van der Waals surface area contributed by atoms with Gasteiger partial charge >= 0.3 is 5.97 Å². The van der Waals surface area contributed by atoms with Crippen LogP contribution in [-0.4, -0.2) is 15.7 Å². The molecule has 0 aliphatic rings. The molecule has 4 nitrogen and oxygen atoms in total. The highest BCUT2D eigenvalue weighted by molar-refractivity contribution is 6.30. The van der Waals surface area contributed by atoms with E-state index >= 15 is 0 Å². The van der Waals surface area contributed by atoms with Crippen LogP contribution in [0.1, 0.15) is 11.3 Å². The van der Waals surface area contributed by atoms with E-state index in [1.807, 2.05) is 25.2 Å². The fourth-order valence-electron chi connectivity index (χ4n) is 1.56. The van der Waals surface area contributed by atoms with Gasteiger partial charge in [0.1, 0.15) is 6.61 Å². The highest BCUT2D eigenvalue weighted by Gasteiger charge is 2.06. The standard InChI is InChI=1S/C13H13ClN2O2/c1-16-6-5-12(15-16)9-18-13(17)8-10-3-2-4-11(14)7-10/h2-7H,8-9H2,1H3. The van der Waals surface area contributed by atoms with Gasteiger partial charge in [-0.3, -0.25) is 9.48 Å². The van der Waals surface area contributed by atoms with Gasteiger partial charge in [-0.1, -0.05) is 23.7 Å². The van der Waals surface area contributed by atoms with Gasteiger partial charge in [0.15, 0.2) is 0 Å². The zero-order valence-corrected chi connectivity index (χ0v) is 10.7. The van der Waals surface area contributed by atoms with Crippen molar-refractivity contribution in [3.8, 4) is 0 Å². The molecule has 0 bridgehead atoms. The number of ether oxygens (including phenoxy) is 1. The number of carbonyl (C=O) groups excluding carboxylic acids is 1. The Balaban J connectivity index is 1.85. The Hall–Kier alpha value is -1.81.